The molecule has 80 valence electrons. The zero-order chi connectivity index (χ0) is 10.8. The Kier molecular flexibility index (Phi) is 2.95. The van der Waals surface area contributed by atoms with Crippen LogP contribution in [0.25, 0.3) is 6.08 Å². The van der Waals surface area contributed by atoms with Gasteiger partial charge in [-0.1, -0.05) is 45.1 Å². The molecule has 0 saturated carbocycles. The van der Waals surface area contributed by atoms with Crippen LogP contribution in [-0.2, 0) is 12.8 Å². The van der Waals surface area contributed by atoms with E-state index in [4.69, 9.17) is 0 Å². The molecule has 0 aromatic heterocycles. The summed E-state index contributed by atoms with van der Waals surface area (Å²) in [5.41, 5.74) is 6.06. The number of hydrogen-bond donors (Lipinski definition) is 0. The predicted octanol–water partition coefficient (Wildman–Crippen LogP) is 4.33. The number of fused-ring (bicyclic) bond motifs is 1. The highest BCUT2D eigenvalue weighted by Gasteiger charge is 2.11. The molecule has 0 unspecified atom stereocenters. The number of benzene rings is 1. The van der Waals surface area contributed by atoms with Gasteiger partial charge in [0.05, 0.1) is 0 Å². The van der Waals surface area contributed by atoms with E-state index in [0.29, 0.717) is 5.92 Å². The van der Waals surface area contributed by atoms with Crippen molar-refractivity contribution in [2.24, 2.45) is 0 Å². The molecule has 0 N–H and O–H groups in total. The first kappa shape index (κ1) is 10.5. The smallest absolute Gasteiger partial charge is 0.0216 e. The van der Waals surface area contributed by atoms with Crippen molar-refractivity contribution in [1.29, 1.82) is 0 Å². The lowest BCUT2D eigenvalue weighted by molar-refractivity contribution is 0.835. The van der Waals surface area contributed by atoms with Gasteiger partial charge in [0.25, 0.3) is 0 Å². The van der Waals surface area contributed by atoms with E-state index in [2.05, 4.69) is 45.1 Å². The van der Waals surface area contributed by atoms with Gasteiger partial charge in [0.15, 0.2) is 0 Å². The highest BCUT2D eigenvalue weighted by atomic mass is 14.2. The third kappa shape index (κ3) is 1.99. The first-order valence-corrected chi connectivity index (χ1v) is 6.04. The summed E-state index contributed by atoms with van der Waals surface area (Å²) in [7, 11) is 0. The van der Waals surface area contributed by atoms with Crippen LogP contribution in [0.1, 0.15) is 55.4 Å². The van der Waals surface area contributed by atoms with Crippen LogP contribution in [0.3, 0.4) is 0 Å². The maximum Gasteiger partial charge on any atom is -0.0216 e. The van der Waals surface area contributed by atoms with Crippen molar-refractivity contribution in [2.75, 3.05) is 0 Å². The molecule has 1 aliphatic rings. The van der Waals surface area contributed by atoms with Gasteiger partial charge in [-0.2, -0.15) is 0 Å². The maximum atomic E-state index is 2.43. The fraction of sp³-hybridized carbons (Fsp3) is 0.467. The van der Waals surface area contributed by atoms with E-state index in [1.54, 1.807) is 11.1 Å². The minimum atomic E-state index is 0.649. The van der Waals surface area contributed by atoms with E-state index in [-0.39, 0.29) is 0 Å². The quantitative estimate of drug-likeness (QED) is 0.666. The van der Waals surface area contributed by atoms with Crippen LogP contribution in [0.5, 0.6) is 0 Å². The SMILES string of the molecule is CCc1cc2c(cc1C(C)C)CCC=C2. The van der Waals surface area contributed by atoms with Crippen LogP contribution < -0.4 is 0 Å². The summed E-state index contributed by atoms with van der Waals surface area (Å²) in [4.78, 5) is 0. The Bertz CT molecular complexity index is 383. The molecule has 1 aromatic carbocycles. The van der Waals surface area contributed by atoms with E-state index in [9.17, 15) is 0 Å². The second-order valence-electron chi connectivity index (χ2n) is 4.70. The minimum absolute atomic E-state index is 0.649. The highest BCUT2D eigenvalue weighted by molar-refractivity contribution is 5.59. The molecule has 0 fully saturated rings. The van der Waals surface area contributed by atoms with E-state index in [1.807, 2.05) is 0 Å². The molecule has 15 heavy (non-hydrogen) atoms. The van der Waals surface area contributed by atoms with Crippen molar-refractivity contribution in [3.8, 4) is 0 Å². The van der Waals surface area contributed by atoms with E-state index >= 15 is 0 Å². The summed E-state index contributed by atoms with van der Waals surface area (Å²) in [6, 6.07) is 4.82. The zero-order valence-corrected chi connectivity index (χ0v) is 10.0. The molecule has 0 heterocycles. The fourth-order valence-corrected chi connectivity index (χ4v) is 2.39. The molecule has 0 spiro atoms. The summed E-state index contributed by atoms with van der Waals surface area (Å²) in [6.45, 7) is 6.83. The van der Waals surface area contributed by atoms with Gasteiger partial charge in [-0.05, 0) is 47.4 Å². The lowest BCUT2D eigenvalue weighted by atomic mass is 9.87. The third-order valence-electron chi connectivity index (χ3n) is 3.28. The molecular formula is C15H20. The number of hydrogen-bond acceptors (Lipinski definition) is 0. The number of aryl methyl sites for hydroxylation is 2. The standard InChI is InChI=1S/C15H20/c1-4-12-9-13-7-5-6-8-14(13)10-15(12)11(2)3/h5,7,9-11H,4,6,8H2,1-3H3. The fourth-order valence-electron chi connectivity index (χ4n) is 2.39. The average molecular weight is 200 g/mol. The van der Waals surface area contributed by atoms with E-state index in [1.165, 1.54) is 24.0 Å². The van der Waals surface area contributed by atoms with Crippen LogP contribution in [-0.4, -0.2) is 0 Å². The van der Waals surface area contributed by atoms with Crippen LogP contribution in [0.15, 0.2) is 18.2 Å². The molecule has 0 bridgehead atoms. The molecular weight excluding hydrogens is 180 g/mol. The molecule has 0 radical (unpaired) electrons. The molecule has 1 aromatic rings. The molecule has 0 aliphatic heterocycles. The zero-order valence-electron chi connectivity index (χ0n) is 10.0. The van der Waals surface area contributed by atoms with Crippen molar-refractivity contribution < 1.29 is 0 Å². The van der Waals surface area contributed by atoms with Gasteiger partial charge in [0.1, 0.15) is 0 Å². The van der Waals surface area contributed by atoms with Crippen molar-refractivity contribution in [3.63, 3.8) is 0 Å². The van der Waals surface area contributed by atoms with Crippen molar-refractivity contribution in [1.82, 2.24) is 0 Å². The van der Waals surface area contributed by atoms with Crippen LogP contribution in [0, 0.1) is 0 Å². The Morgan fingerprint density at radius 3 is 2.73 bits per heavy atom. The second-order valence-corrected chi connectivity index (χ2v) is 4.70. The van der Waals surface area contributed by atoms with Crippen molar-refractivity contribution in [3.05, 3.63) is 40.5 Å². The number of allylic oxidation sites excluding steroid dienone is 1. The predicted molar refractivity (Wildman–Crippen MR) is 67.3 cm³/mol. The van der Waals surface area contributed by atoms with Crippen molar-refractivity contribution >= 4 is 6.08 Å². The lowest BCUT2D eigenvalue weighted by Crippen LogP contribution is -2.02. The topological polar surface area (TPSA) is 0 Å². The van der Waals surface area contributed by atoms with Gasteiger partial charge in [0, 0.05) is 0 Å². The Morgan fingerprint density at radius 1 is 1.27 bits per heavy atom. The van der Waals surface area contributed by atoms with Gasteiger partial charge >= 0.3 is 0 Å². The molecule has 2 rings (SSSR count). The first-order chi connectivity index (χ1) is 7.22. The summed E-state index contributed by atoms with van der Waals surface area (Å²) in [5, 5.41) is 0. The van der Waals surface area contributed by atoms with Gasteiger partial charge in [0.2, 0.25) is 0 Å². The van der Waals surface area contributed by atoms with E-state index in [0.717, 1.165) is 6.42 Å². The van der Waals surface area contributed by atoms with Gasteiger partial charge in [-0.3, -0.25) is 0 Å². The number of rotatable bonds is 2. The average Bonchev–Trinajstić information content (AvgIpc) is 2.27. The molecule has 0 heteroatoms. The molecule has 0 saturated heterocycles. The van der Waals surface area contributed by atoms with Crippen LogP contribution in [0.4, 0.5) is 0 Å². The second kappa shape index (κ2) is 4.22. The van der Waals surface area contributed by atoms with E-state index < -0.39 is 0 Å². The van der Waals surface area contributed by atoms with Crippen molar-refractivity contribution in [2.45, 2.75) is 46.0 Å². The van der Waals surface area contributed by atoms with Gasteiger partial charge in [-0.15, -0.1) is 0 Å². The lowest BCUT2D eigenvalue weighted by Gasteiger charge is -2.18. The Balaban J connectivity index is 2.52. The van der Waals surface area contributed by atoms with Crippen LogP contribution >= 0.6 is 0 Å². The Morgan fingerprint density at radius 2 is 2.07 bits per heavy atom. The summed E-state index contributed by atoms with van der Waals surface area (Å²) >= 11 is 0. The minimum Gasteiger partial charge on any atom is -0.0836 e. The molecule has 0 atom stereocenters. The third-order valence-corrected chi connectivity index (χ3v) is 3.28. The first-order valence-electron chi connectivity index (χ1n) is 6.04. The monoisotopic (exact) mass is 200 g/mol. The molecule has 0 nitrogen and oxygen atoms in total. The van der Waals surface area contributed by atoms with Gasteiger partial charge < -0.3 is 0 Å². The summed E-state index contributed by atoms with van der Waals surface area (Å²) in [5.74, 6) is 0.649. The Labute approximate surface area is 93.0 Å². The largest absolute Gasteiger partial charge is 0.0836 e. The maximum absolute atomic E-state index is 2.43. The Hall–Kier alpha value is -1.04. The summed E-state index contributed by atoms with van der Waals surface area (Å²) < 4.78 is 0. The molecule has 0 amide bonds. The highest BCUT2D eigenvalue weighted by Crippen LogP contribution is 2.28. The van der Waals surface area contributed by atoms with Crippen LogP contribution in [0.2, 0.25) is 0 Å². The molecule has 1 aliphatic carbocycles. The summed E-state index contributed by atoms with van der Waals surface area (Å²) in [6.07, 6.45) is 8.14. The normalized spacial score (nSPS) is 14.4. The van der Waals surface area contributed by atoms with Gasteiger partial charge in [-0.25, -0.2) is 0 Å².